The highest BCUT2D eigenvalue weighted by Gasteiger charge is 2.21. The van der Waals surface area contributed by atoms with Gasteiger partial charge in [-0.15, -0.1) is 0 Å². The van der Waals surface area contributed by atoms with E-state index >= 15 is 0 Å². The molecule has 0 radical (unpaired) electrons. The Labute approximate surface area is 190 Å². The lowest BCUT2D eigenvalue weighted by atomic mass is 10.0. The summed E-state index contributed by atoms with van der Waals surface area (Å²) in [5.74, 6) is 0.572. The van der Waals surface area contributed by atoms with Crippen LogP contribution in [0.4, 0.5) is 5.82 Å². The Balaban J connectivity index is 1.95. The van der Waals surface area contributed by atoms with Gasteiger partial charge in [0, 0.05) is 10.6 Å². The zero-order valence-corrected chi connectivity index (χ0v) is 18.3. The van der Waals surface area contributed by atoms with E-state index < -0.39 is 0 Å². The van der Waals surface area contributed by atoms with Crippen molar-refractivity contribution >= 4 is 23.3 Å². The Morgan fingerprint density at radius 3 is 2.25 bits per heavy atom. The third-order valence-corrected chi connectivity index (χ3v) is 5.22. The van der Waals surface area contributed by atoms with E-state index in [4.69, 9.17) is 16.3 Å². The number of ether oxygens (including phenoxy) is 1. The Bertz CT molecular complexity index is 1320. The summed E-state index contributed by atoms with van der Waals surface area (Å²) in [6, 6.07) is 22.9. The summed E-state index contributed by atoms with van der Waals surface area (Å²) >= 11 is 6.05. The molecule has 3 aromatic carbocycles. The molecule has 1 heterocycles. The SMILES string of the molecule is COc1ccc(-c2c(NC(=O)c3ccccc3)n(-c3ccc(Cl)cc3)nc(C)c2=O)cc1. The normalized spacial score (nSPS) is 10.6. The van der Waals surface area contributed by atoms with Crippen molar-refractivity contribution in [2.24, 2.45) is 0 Å². The maximum Gasteiger partial charge on any atom is 0.256 e. The number of rotatable bonds is 5. The molecule has 0 spiro atoms. The predicted octanol–water partition coefficient (Wildman–Crippen LogP) is 5.12. The van der Waals surface area contributed by atoms with Crippen LogP contribution in [0.2, 0.25) is 5.02 Å². The second-order valence-electron chi connectivity index (χ2n) is 7.08. The molecule has 0 unspecified atom stereocenters. The van der Waals surface area contributed by atoms with E-state index in [9.17, 15) is 9.59 Å². The molecular weight excluding hydrogens is 426 g/mol. The van der Waals surface area contributed by atoms with Crippen LogP contribution in [0.1, 0.15) is 16.1 Å². The highest BCUT2D eigenvalue weighted by atomic mass is 35.5. The van der Waals surface area contributed by atoms with Gasteiger partial charge in [-0.1, -0.05) is 41.9 Å². The molecule has 0 bridgehead atoms. The van der Waals surface area contributed by atoms with Crippen molar-refractivity contribution in [1.29, 1.82) is 0 Å². The summed E-state index contributed by atoms with van der Waals surface area (Å²) in [6.45, 7) is 1.64. The standard InChI is InChI=1S/C25H20ClN3O3/c1-16-23(30)22(17-8-14-21(32-2)15-9-17)24(27-25(31)18-6-4-3-5-7-18)29(28-16)20-12-10-19(26)11-13-20/h3-15H,1-2H3,(H,27,31). The van der Waals surface area contributed by atoms with Crippen LogP contribution in [0.5, 0.6) is 5.75 Å². The number of aryl methyl sites for hydroxylation is 1. The van der Waals surface area contributed by atoms with Gasteiger partial charge in [-0.2, -0.15) is 5.10 Å². The summed E-state index contributed by atoms with van der Waals surface area (Å²) in [7, 11) is 1.57. The summed E-state index contributed by atoms with van der Waals surface area (Å²) in [5.41, 5.74) is 2.10. The number of methoxy groups -OCH3 is 1. The highest BCUT2D eigenvalue weighted by Crippen LogP contribution is 2.29. The molecule has 32 heavy (non-hydrogen) atoms. The molecular formula is C25H20ClN3O3. The van der Waals surface area contributed by atoms with Gasteiger partial charge in [-0.3, -0.25) is 9.59 Å². The van der Waals surface area contributed by atoms with E-state index in [1.165, 1.54) is 0 Å². The number of halogens is 1. The topological polar surface area (TPSA) is 73.2 Å². The number of hydrogen-bond donors (Lipinski definition) is 1. The number of anilines is 1. The van der Waals surface area contributed by atoms with Crippen LogP contribution in [0.25, 0.3) is 16.8 Å². The molecule has 0 saturated heterocycles. The molecule has 0 atom stereocenters. The molecule has 7 heteroatoms. The van der Waals surface area contributed by atoms with Crippen molar-refractivity contribution in [1.82, 2.24) is 9.78 Å². The summed E-state index contributed by atoms with van der Waals surface area (Å²) < 4.78 is 6.79. The van der Waals surface area contributed by atoms with E-state index in [2.05, 4.69) is 10.4 Å². The average Bonchev–Trinajstić information content (AvgIpc) is 2.83. The number of hydrogen-bond acceptors (Lipinski definition) is 4. The van der Waals surface area contributed by atoms with Crippen LogP contribution in [0.15, 0.2) is 83.7 Å². The van der Waals surface area contributed by atoms with E-state index in [-0.39, 0.29) is 17.2 Å². The number of benzene rings is 3. The number of amides is 1. The van der Waals surface area contributed by atoms with Crippen LogP contribution in [0.3, 0.4) is 0 Å². The minimum atomic E-state index is -0.354. The van der Waals surface area contributed by atoms with Gasteiger partial charge in [0.15, 0.2) is 0 Å². The van der Waals surface area contributed by atoms with E-state index in [1.54, 1.807) is 91.5 Å². The second-order valence-corrected chi connectivity index (χ2v) is 7.51. The number of nitrogens with zero attached hydrogens (tertiary/aromatic N) is 2. The fourth-order valence-corrected chi connectivity index (χ4v) is 3.45. The van der Waals surface area contributed by atoms with Gasteiger partial charge < -0.3 is 10.1 Å². The predicted molar refractivity (Wildman–Crippen MR) is 126 cm³/mol. The van der Waals surface area contributed by atoms with Crippen molar-refractivity contribution in [3.63, 3.8) is 0 Å². The minimum absolute atomic E-state index is 0.266. The van der Waals surface area contributed by atoms with Crippen LogP contribution in [-0.2, 0) is 0 Å². The lowest BCUT2D eigenvalue weighted by Crippen LogP contribution is -2.24. The van der Waals surface area contributed by atoms with Gasteiger partial charge in [0.1, 0.15) is 17.3 Å². The fourth-order valence-electron chi connectivity index (χ4n) is 3.32. The molecule has 4 rings (SSSR count). The van der Waals surface area contributed by atoms with Crippen molar-refractivity contribution in [2.45, 2.75) is 6.92 Å². The van der Waals surface area contributed by atoms with Crippen molar-refractivity contribution in [2.75, 3.05) is 12.4 Å². The third kappa shape index (κ3) is 4.26. The quantitative estimate of drug-likeness (QED) is 0.462. The summed E-state index contributed by atoms with van der Waals surface area (Å²) in [5, 5.41) is 7.93. The van der Waals surface area contributed by atoms with E-state index in [0.29, 0.717) is 38.8 Å². The zero-order valence-electron chi connectivity index (χ0n) is 17.5. The first-order chi connectivity index (χ1) is 15.5. The molecule has 160 valence electrons. The number of nitrogens with one attached hydrogen (secondary N) is 1. The monoisotopic (exact) mass is 445 g/mol. The Morgan fingerprint density at radius 1 is 0.969 bits per heavy atom. The molecule has 0 fully saturated rings. The van der Waals surface area contributed by atoms with Gasteiger partial charge in [-0.25, -0.2) is 4.68 Å². The fraction of sp³-hybridized carbons (Fsp3) is 0.0800. The van der Waals surface area contributed by atoms with Gasteiger partial charge in [0.05, 0.1) is 18.4 Å². The van der Waals surface area contributed by atoms with Crippen LogP contribution in [0, 0.1) is 6.92 Å². The minimum Gasteiger partial charge on any atom is -0.497 e. The molecule has 1 N–H and O–H groups in total. The lowest BCUT2D eigenvalue weighted by Gasteiger charge is -2.18. The molecule has 0 aliphatic heterocycles. The van der Waals surface area contributed by atoms with Gasteiger partial charge in [0.25, 0.3) is 5.91 Å². The Kier molecular flexibility index (Phi) is 6.05. The van der Waals surface area contributed by atoms with E-state index in [0.717, 1.165) is 0 Å². The van der Waals surface area contributed by atoms with E-state index in [1.807, 2.05) is 6.07 Å². The van der Waals surface area contributed by atoms with Crippen LogP contribution >= 0.6 is 11.6 Å². The molecule has 1 amide bonds. The number of carbonyl (C=O) groups is 1. The first kappa shape index (κ1) is 21.3. The Hall–Kier alpha value is -3.90. The number of carbonyl (C=O) groups excluding carboxylic acids is 1. The van der Waals surface area contributed by atoms with Gasteiger partial charge in [-0.05, 0) is 61.0 Å². The van der Waals surface area contributed by atoms with Crippen LogP contribution < -0.4 is 15.5 Å². The zero-order chi connectivity index (χ0) is 22.7. The van der Waals surface area contributed by atoms with Crippen molar-refractivity contribution in [3.8, 4) is 22.6 Å². The molecule has 0 saturated carbocycles. The maximum absolute atomic E-state index is 13.2. The second kappa shape index (κ2) is 9.08. The largest absolute Gasteiger partial charge is 0.497 e. The van der Waals surface area contributed by atoms with Crippen LogP contribution in [-0.4, -0.2) is 22.8 Å². The Morgan fingerprint density at radius 2 is 1.62 bits per heavy atom. The van der Waals surface area contributed by atoms with Gasteiger partial charge >= 0.3 is 0 Å². The first-order valence-electron chi connectivity index (χ1n) is 9.88. The third-order valence-electron chi connectivity index (χ3n) is 4.97. The van der Waals surface area contributed by atoms with Crippen molar-refractivity contribution < 1.29 is 9.53 Å². The molecule has 1 aromatic heterocycles. The first-order valence-corrected chi connectivity index (χ1v) is 10.3. The smallest absolute Gasteiger partial charge is 0.256 e. The van der Waals surface area contributed by atoms with Crippen molar-refractivity contribution in [3.05, 3.63) is 105 Å². The molecule has 4 aromatic rings. The summed E-state index contributed by atoms with van der Waals surface area (Å²) in [6.07, 6.45) is 0. The lowest BCUT2D eigenvalue weighted by molar-refractivity contribution is 0.102. The highest BCUT2D eigenvalue weighted by molar-refractivity contribution is 6.30. The summed E-state index contributed by atoms with van der Waals surface area (Å²) in [4.78, 5) is 26.3. The maximum atomic E-state index is 13.2. The number of aromatic nitrogens is 2. The average molecular weight is 446 g/mol. The molecule has 0 aliphatic rings. The van der Waals surface area contributed by atoms with Gasteiger partial charge in [0.2, 0.25) is 5.43 Å². The molecule has 0 aliphatic carbocycles. The molecule has 6 nitrogen and oxygen atoms in total.